The van der Waals surface area contributed by atoms with Gasteiger partial charge in [-0.15, -0.1) is 12.4 Å². The number of hydrogen-bond donors (Lipinski definition) is 1. The topological polar surface area (TPSA) is 49.6 Å². The molecule has 1 aliphatic carbocycles. The van der Waals surface area contributed by atoms with Gasteiger partial charge in [-0.05, 0) is 37.8 Å². The van der Waals surface area contributed by atoms with E-state index in [1.54, 1.807) is 0 Å². The van der Waals surface area contributed by atoms with Gasteiger partial charge in [-0.2, -0.15) is 0 Å². The van der Waals surface area contributed by atoms with E-state index < -0.39 is 0 Å². The largest absolute Gasteiger partial charge is 0.342 e. The van der Waals surface area contributed by atoms with Gasteiger partial charge in [0.1, 0.15) is 0 Å². The van der Waals surface area contributed by atoms with Gasteiger partial charge in [-0.3, -0.25) is 9.69 Å². The Morgan fingerprint density at radius 3 is 2.65 bits per heavy atom. The molecule has 0 aromatic carbocycles. The lowest BCUT2D eigenvalue weighted by Gasteiger charge is -2.24. The number of carbonyl (C=O) groups is 1. The summed E-state index contributed by atoms with van der Waals surface area (Å²) in [6.07, 6.45) is 3.48. The van der Waals surface area contributed by atoms with Crippen molar-refractivity contribution in [2.75, 3.05) is 33.2 Å². The van der Waals surface area contributed by atoms with Gasteiger partial charge in [-0.25, -0.2) is 0 Å². The standard InChI is InChI=1S/C12H23N3O.ClH/c1-12(8-13)5-6-15(9-12)7-11(16)14(2)10-3-4-10;/h10H,3-9,13H2,1-2H3;1H. The van der Waals surface area contributed by atoms with Crippen LogP contribution in [0.1, 0.15) is 26.2 Å². The van der Waals surface area contributed by atoms with Crippen molar-refractivity contribution in [3.05, 3.63) is 0 Å². The van der Waals surface area contributed by atoms with Crippen LogP contribution in [0, 0.1) is 5.41 Å². The predicted molar refractivity (Wildman–Crippen MR) is 71.3 cm³/mol. The maximum Gasteiger partial charge on any atom is 0.236 e. The van der Waals surface area contributed by atoms with Gasteiger partial charge >= 0.3 is 0 Å². The number of carbonyl (C=O) groups excluding carboxylic acids is 1. The van der Waals surface area contributed by atoms with Crippen LogP contribution in [-0.4, -0.2) is 55.0 Å². The van der Waals surface area contributed by atoms with E-state index in [2.05, 4.69) is 11.8 Å². The molecule has 1 saturated heterocycles. The first-order valence-corrected chi connectivity index (χ1v) is 6.22. The third-order valence-corrected chi connectivity index (χ3v) is 3.98. The van der Waals surface area contributed by atoms with Crippen molar-refractivity contribution in [2.24, 2.45) is 11.1 Å². The maximum atomic E-state index is 11.9. The molecule has 2 aliphatic rings. The molecule has 2 N–H and O–H groups in total. The molecule has 17 heavy (non-hydrogen) atoms. The van der Waals surface area contributed by atoms with Crippen LogP contribution in [-0.2, 0) is 4.79 Å². The molecule has 2 rings (SSSR count). The number of nitrogens with zero attached hydrogens (tertiary/aromatic N) is 2. The van der Waals surface area contributed by atoms with Crippen LogP contribution in [0.3, 0.4) is 0 Å². The smallest absolute Gasteiger partial charge is 0.236 e. The highest BCUT2D eigenvalue weighted by Crippen LogP contribution is 2.29. The first-order valence-electron chi connectivity index (χ1n) is 6.22. The Morgan fingerprint density at radius 2 is 2.18 bits per heavy atom. The third kappa shape index (κ3) is 3.57. The summed E-state index contributed by atoms with van der Waals surface area (Å²) in [4.78, 5) is 16.1. The second kappa shape index (κ2) is 5.55. The van der Waals surface area contributed by atoms with E-state index >= 15 is 0 Å². The van der Waals surface area contributed by atoms with Crippen molar-refractivity contribution in [2.45, 2.75) is 32.2 Å². The molecule has 1 aliphatic heterocycles. The number of amides is 1. The van der Waals surface area contributed by atoms with E-state index in [9.17, 15) is 4.79 Å². The van der Waals surface area contributed by atoms with E-state index in [4.69, 9.17) is 5.73 Å². The van der Waals surface area contributed by atoms with Gasteiger partial charge < -0.3 is 10.6 Å². The van der Waals surface area contributed by atoms with Crippen molar-refractivity contribution in [3.63, 3.8) is 0 Å². The van der Waals surface area contributed by atoms with E-state index in [1.807, 2.05) is 11.9 Å². The van der Waals surface area contributed by atoms with Crippen LogP contribution in [0.2, 0.25) is 0 Å². The zero-order chi connectivity index (χ0) is 11.8. The highest BCUT2D eigenvalue weighted by atomic mass is 35.5. The molecule has 2 fully saturated rings. The Bertz CT molecular complexity index is 283. The normalized spacial score (nSPS) is 28.9. The van der Waals surface area contributed by atoms with Gasteiger partial charge in [0, 0.05) is 19.6 Å². The monoisotopic (exact) mass is 261 g/mol. The molecule has 0 aromatic rings. The SMILES string of the molecule is CN(C(=O)CN1CCC(C)(CN)C1)C1CC1.Cl. The first-order chi connectivity index (χ1) is 7.54. The molecule has 5 heteroatoms. The molecule has 0 radical (unpaired) electrons. The summed E-state index contributed by atoms with van der Waals surface area (Å²) >= 11 is 0. The molecule has 0 spiro atoms. The lowest BCUT2D eigenvalue weighted by atomic mass is 9.90. The Morgan fingerprint density at radius 1 is 1.53 bits per heavy atom. The molecule has 100 valence electrons. The molecule has 1 heterocycles. The summed E-state index contributed by atoms with van der Waals surface area (Å²) in [7, 11) is 1.93. The van der Waals surface area contributed by atoms with E-state index in [1.165, 1.54) is 12.8 Å². The summed E-state index contributed by atoms with van der Waals surface area (Å²) in [5.74, 6) is 0.267. The van der Waals surface area contributed by atoms with E-state index in [0.717, 1.165) is 26.1 Å². The molecule has 1 saturated carbocycles. The summed E-state index contributed by atoms with van der Waals surface area (Å²) in [6.45, 7) is 5.48. The zero-order valence-electron chi connectivity index (χ0n) is 10.8. The zero-order valence-corrected chi connectivity index (χ0v) is 11.6. The van der Waals surface area contributed by atoms with Gasteiger partial charge in [-0.1, -0.05) is 6.92 Å². The van der Waals surface area contributed by atoms with Crippen molar-refractivity contribution in [1.82, 2.24) is 9.80 Å². The van der Waals surface area contributed by atoms with Crippen molar-refractivity contribution in [1.29, 1.82) is 0 Å². The highest BCUT2D eigenvalue weighted by molar-refractivity contribution is 5.85. The van der Waals surface area contributed by atoms with Crippen LogP contribution in [0.25, 0.3) is 0 Å². The minimum absolute atomic E-state index is 0. The van der Waals surface area contributed by atoms with Gasteiger partial charge in [0.15, 0.2) is 0 Å². The number of likely N-dealkylation sites (tertiary alicyclic amines) is 1. The van der Waals surface area contributed by atoms with Crippen LogP contribution in [0.4, 0.5) is 0 Å². The number of hydrogen-bond acceptors (Lipinski definition) is 3. The average molecular weight is 262 g/mol. The Kier molecular flexibility index (Phi) is 4.81. The third-order valence-electron chi connectivity index (χ3n) is 3.98. The molecule has 0 bridgehead atoms. The summed E-state index contributed by atoms with van der Waals surface area (Å²) in [5.41, 5.74) is 5.98. The molecular formula is C12H24ClN3O. The predicted octanol–water partition coefficient (Wildman–Crippen LogP) is 0.700. The van der Waals surface area contributed by atoms with Crippen LogP contribution < -0.4 is 5.73 Å². The number of rotatable bonds is 4. The second-order valence-corrected chi connectivity index (χ2v) is 5.71. The minimum atomic E-state index is 0. The molecule has 0 aromatic heterocycles. The second-order valence-electron chi connectivity index (χ2n) is 5.71. The fourth-order valence-corrected chi connectivity index (χ4v) is 2.40. The highest BCUT2D eigenvalue weighted by Gasteiger charge is 2.35. The lowest BCUT2D eigenvalue weighted by Crippen LogP contribution is -2.40. The Labute approximate surface area is 110 Å². The van der Waals surface area contributed by atoms with Crippen molar-refractivity contribution in [3.8, 4) is 0 Å². The average Bonchev–Trinajstić information content (AvgIpc) is 3.04. The number of halogens is 1. The van der Waals surface area contributed by atoms with Crippen LogP contribution >= 0.6 is 12.4 Å². The Hall–Kier alpha value is -0.320. The first kappa shape index (κ1) is 14.7. The van der Waals surface area contributed by atoms with E-state index in [-0.39, 0.29) is 23.7 Å². The molecule has 1 unspecified atom stereocenters. The summed E-state index contributed by atoms with van der Waals surface area (Å²) in [5, 5.41) is 0. The quantitative estimate of drug-likeness (QED) is 0.811. The van der Waals surface area contributed by atoms with Crippen LogP contribution in [0.5, 0.6) is 0 Å². The fourth-order valence-electron chi connectivity index (χ4n) is 2.40. The number of nitrogens with two attached hydrogens (primary N) is 1. The van der Waals surface area contributed by atoms with Crippen molar-refractivity contribution >= 4 is 18.3 Å². The molecule has 4 nitrogen and oxygen atoms in total. The molecular weight excluding hydrogens is 238 g/mol. The van der Waals surface area contributed by atoms with Crippen LogP contribution in [0.15, 0.2) is 0 Å². The molecule has 1 atom stereocenters. The Balaban J connectivity index is 0.00000144. The van der Waals surface area contributed by atoms with E-state index in [0.29, 0.717) is 12.6 Å². The van der Waals surface area contributed by atoms with Gasteiger partial charge in [0.2, 0.25) is 5.91 Å². The molecule has 1 amide bonds. The maximum absolute atomic E-state index is 11.9. The number of likely N-dealkylation sites (N-methyl/N-ethyl adjacent to an activating group) is 1. The van der Waals surface area contributed by atoms with Crippen molar-refractivity contribution < 1.29 is 4.79 Å². The lowest BCUT2D eigenvalue weighted by molar-refractivity contribution is -0.131. The van der Waals surface area contributed by atoms with Gasteiger partial charge in [0.05, 0.1) is 6.54 Å². The summed E-state index contributed by atoms with van der Waals surface area (Å²) < 4.78 is 0. The minimum Gasteiger partial charge on any atom is -0.342 e. The summed E-state index contributed by atoms with van der Waals surface area (Å²) in [6, 6.07) is 0.524. The van der Waals surface area contributed by atoms with Gasteiger partial charge in [0.25, 0.3) is 0 Å². The fraction of sp³-hybridized carbons (Fsp3) is 0.917.